The minimum absolute atomic E-state index is 0.0156. The molecule has 1 spiro atoms. The number of carbonyl (C=O) groups is 5. The maximum Gasteiger partial charge on any atom is 0.258 e. The fourth-order valence-electron chi connectivity index (χ4n) is 7.25. The molecule has 13 heteroatoms. The zero-order valence-electron chi connectivity index (χ0n) is 27.7. The molecule has 3 aliphatic rings. The first-order valence-corrected chi connectivity index (χ1v) is 17.0. The summed E-state index contributed by atoms with van der Waals surface area (Å²) in [5, 5.41) is 19.5. The average Bonchev–Trinajstić information content (AvgIpc) is 3.76. The van der Waals surface area contributed by atoms with E-state index in [1.54, 1.807) is 13.0 Å². The van der Waals surface area contributed by atoms with Crippen LogP contribution in [0.1, 0.15) is 38.2 Å². The van der Waals surface area contributed by atoms with Crippen molar-refractivity contribution in [2.75, 3.05) is 39.4 Å². The number of carbonyl (C=O) groups excluding carboxylic acids is 5. The lowest BCUT2D eigenvalue weighted by molar-refractivity contribution is -0.142. The number of fused-ring (bicyclic) bond motifs is 4. The Morgan fingerprint density at radius 1 is 0.980 bits per heavy atom. The molecule has 2 bridgehead atoms. The third kappa shape index (κ3) is 7.72. The fraction of sp³-hybridized carbons (Fsp3) is 0.472. The number of piperidine rings is 1. The summed E-state index contributed by atoms with van der Waals surface area (Å²) in [4.78, 5) is 69.4. The summed E-state index contributed by atoms with van der Waals surface area (Å²) in [6.45, 7) is 2.45. The molecule has 6 rings (SSSR count). The Morgan fingerprint density at radius 3 is 2.57 bits per heavy atom. The molecule has 0 aliphatic carbocycles. The molecule has 13 nitrogen and oxygen atoms in total. The van der Waals surface area contributed by atoms with Gasteiger partial charge in [0.25, 0.3) is 5.91 Å². The van der Waals surface area contributed by atoms with E-state index in [1.165, 1.54) is 4.90 Å². The number of para-hydroxylation sites is 1. The second-order valence-corrected chi connectivity index (χ2v) is 13.4. The van der Waals surface area contributed by atoms with E-state index in [4.69, 9.17) is 4.74 Å². The van der Waals surface area contributed by atoms with Gasteiger partial charge in [-0.3, -0.25) is 24.0 Å². The van der Waals surface area contributed by atoms with Crippen LogP contribution < -0.4 is 20.7 Å². The van der Waals surface area contributed by atoms with Gasteiger partial charge in [0.05, 0.1) is 6.61 Å². The molecule has 260 valence electrons. The molecule has 2 saturated heterocycles. The molecular weight excluding hydrogens is 628 g/mol. The second-order valence-electron chi connectivity index (χ2n) is 13.4. The molecule has 2 aromatic carbocycles. The summed E-state index contributed by atoms with van der Waals surface area (Å²) < 4.78 is 7.76. The number of likely N-dealkylation sites (tertiary alicyclic amines) is 1. The van der Waals surface area contributed by atoms with Gasteiger partial charge in [0.15, 0.2) is 6.61 Å². The Bertz CT molecular complexity index is 1710. The summed E-state index contributed by atoms with van der Waals surface area (Å²) in [6.07, 6.45) is 4.67. The quantitative estimate of drug-likeness (QED) is 0.323. The highest BCUT2D eigenvalue weighted by molar-refractivity contribution is 5.94. The van der Waals surface area contributed by atoms with Crippen molar-refractivity contribution < 1.29 is 33.8 Å². The van der Waals surface area contributed by atoms with Crippen LogP contribution >= 0.6 is 0 Å². The number of rotatable bonds is 3. The molecule has 4 N–H and O–H groups in total. The molecule has 3 aliphatic heterocycles. The number of hydrogen-bond acceptors (Lipinski definition) is 7. The first-order chi connectivity index (χ1) is 23.6. The van der Waals surface area contributed by atoms with Crippen molar-refractivity contribution in [3.8, 4) is 5.75 Å². The summed E-state index contributed by atoms with van der Waals surface area (Å²) >= 11 is 0. The Balaban J connectivity index is 1.21. The van der Waals surface area contributed by atoms with Gasteiger partial charge >= 0.3 is 0 Å². The normalized spacial score (nSPS) is 23.8. The summed E-state index contributed by atoms with van der Waals surface area (Å²) in [7, 11) is 0. The maximum absolute atomic E-state index is 13.4. The van der Waals surface area contributed by atoms with Gasteiger partial charge < -0.3 is 40.2 Å². The van der Waals surface area contributed by atoms with Crippen LogP contribution in [0.15, 0.2) is 60.8 Å². The van der Waals surface area contributed by atoms with Crippen LogP contribution in [0, 0.1) is 5.41 Å². The topological polar surface area (TPSA) is 162 Å². The molecule has 0 saturated carbocycles. The minimum atomic E-state index is -1.21. The Morgan fingerprint density at radius 2 is 1.78 bits per heavy atom. The number of nitrogens with one attached hydrogen (secondary N) is 3. The van der Waals surface area contributed by atoms with E-state index in [2.05, 4.69) is 16.0 Å². The first kappa shape index (κ1) is 34.0. The van der Waals surface area contributed by atoms with Crippen molar-refractivity contribution in [3.63, 3.8) is 0 Å². The highest BCUT2D eigenvalue weighted by Crippen LogP contribution is 2.36. The van der Waals surface area contributed by atoms with Crippen molar-refractivity contribution in [2.24, 2.45) is 5.41 Å². The van der Waals surface area contributed by atoms with E-state index >= 15 is 0 Å². The SMILES string of the molecule is C[C@@H]1NC(=O)COc2cccc(c2)CC2(CCN(C(=O)Cn3ccc4ccccc43)CC2)CNC(=O)[C@H](CO)NC(=O)[C@@H]2CCCN2C1=O. The van der Waals surface area contributed by atoms with Crippen LogP contribution in [-0.4, -0.2) is 107 Å². The minimum Gasteiger partial charge on any atom is -0.484 e. The lowest BCUT2D eigenvalue weighted by atomic mass is 9.73. The number of aliphatic hydroxyl groups excluding tert-OH is 1. The summed E-state index contributed by atoms with van der Waals surface area (Å²) in [5.74, 6) is -1.44. The average molecular weight is 673 g/mol. The van der Waals surface area contributed by atoms with Crippen molar-refractivity contribution >= 4 is 40.4 Å². The van der Waals surface area contributed by atoms with Crippen LogP contribution in [0.5, 0.6) is 5.75 Å². The lowest BCUT2D eigenvalue weighted by Crippen LogP contribution is -2.57. The number of benzene rings is 2. The molecule has 2 fully saturated rings. The molecule has 5 amide bonds. The van der Waals surface area contributed by atoms with Crippen LogP contribution in [0.3, 0.4) is 0 Å². The highest BCUT2D eigenvalue weighted by Gasteiger charge is 2.40. The van der Waals surface area contributed by atoms with Crippen LogP contribution in [-0.2, 0) is 36.9 Å². The van der Waals surface area contributed by atoms with Gasteiger partial charge in [0, 0.05) is 37.9 Å². The molecule has 0 radical (unpaired) electrons. The van der Waals surface area contributed by atoms with Crippen molar-refractivity contribution in [1.29, 1.82) is 0 Å². The van der Waals surface area contributed by atoms with Crippen LogP contribution in [0.25, 0.3) is 10.9 Å². The smallest absolute Gasteiger partial charge is 0.258 e. The molecule has 3 atom stereocenters. The zero-order valence-corrected chi connectivity index (χ0v) is 27.7. The standard InChI is InChI=1S/C36H44N6O7/c1-24-35(48)42-14-5-10-30(42)34(47)39-28(21-43)33(46)37-23-36(19-25-6-4-8-27(18-25)49-22-31(44)38-24)12-16-40(17-13-36)32(45)20-41-15-11-26-7-2-3-9-29(26)41/h2-4,6-9,11,15,18,24,28,30,43H,5,10,12-14,16-17,19-23H2,1H3,(H,37,46)(H,38,44)(H,39,47)/t24-,28-,30-/m0/s1. The Kier molecular flexibility index (Phi) is 10.2. The van der Waals surface area contributed by atoms with E-state index in [9.17, 15) is 29.1 Å². The summed E-state index contributed by atoms with van der Waals surface area (Å²) in [5.41, 5.74) is 1.48. The molecule has 1 aromatic heterocycles. The maximum atomic E-state index is 13.4. The van der Waals surface area contributed by atoms with Gasteiger partial charge in [0.1, 0.15) is 30.4 Å². The number of aliphatic hydroxyl groups is 1. The molecule has 49 heavy (non-hydrogen) atoms. The van der Waals surface area contributed by atoms with E-state index < -0.39 is 53.8 Å². The van der Waals surface area contributed by atoms with E-state index in [-0.39, 0.29) is 25.6 Å². The predicted octanol–water partition coefficient (Wildman–Crippen LogP) is 0.974. The van der Waals surface area contributed by atoms with E-state index in [1.807, 2.05) is 64.2 Å². The second kappa shape index (κ2) is 14.7. The van der Waals surface area contributed by atoms with Crippen molar-refractivity contribution in [3.05, 3.63) is 66.4 Å². The third-order valence-corrected chi connectivity index (χ3v) is 10.0. The predicted molar refractivity (Wildman–Crippen MR) is 180 cm³/mol. The Labute approximate surface area is 284 Å². The number of aromatic nitrogens is 1. The van der Waals surface area contributed by atoms with Crippen LogP contribution in [0.2, 0.25) is 0 Å². The van der Waals surface area contributed by atoms with Gasteiger partial charge in [-0.15, -0.1) is 0 Å². The summed E-state index contributed by atoms with van der Waals surface area (Å²) in [6, 6.07) is 14.4. The van der Waals surface area contributed by atoms with Crippen molar-refractivity contribution in [1.82, 2.24) is 30.3 Å². The molecule has 3 aromatic rings. The van der Waals surface area contributed by atoms with Crippen LogP contribution in [0.4, 0.5) is 0 Å². The van der Waals surface area contributed by atoms with Gasteiger partial charge in [-0.05, 0) is 79.7 Å². The number of hydrogen-bond donors (Lipinski definition) is 4. The number of amides is 5. The van der Waals surface area contributed by atoms with Gasteiger partial charge in [0.2, 0.25) is 23.6 Å². The monoisotopic (exact) mass is 672 g/mol. The first-order valence-electron chi connectivity index (χ1n) is 17.0. The Hall–Kier alpha value is -4.91. The molecular formula is C36H44N6O7. The van der Waals surface area contributed by atoms with E-state index in [0.717, 1.165) is 16.5 Å². The highest BCUT2D eigenvalue weighted by atomic mass is 16.5. The number of nitrogens with zero attached hydrogens (tertiary/aromatic N) is 3. The largest absolute Gasteiger partial charge is 0.484 e. The third-order valence-electron chi connectivity index (χ3n) is 10.0. The molecule has 4 heterocycles. The fourth-order valence-corrected chi connectivity index (χ4v) is 7.25. The zero-order chi connectivity index (χ0) is 34.5. The molecule has 0 unspecified atom stereocenters. The van der Waals surface area contributed by atoms with E-state index in [0.29, 0.717) is 57.5 Å². The van der Waals surface area contributed by atoms with Gasteiger partial charge in [-0.2, -0.15) is 0 Å². The lowest BCUT2D eigenvalue weighted by Gasteiger charge is -2.42. The van der Waals surface area contributed by atoms with Crippen molar-refractivity contribution in [2.45, 2.75) is 63.7 Å². The van der Waals surface area contributed by atoms with Gasteiger partial charge in [-0.25, -0.2) is 0 Å². The van der Waals surface area contributed by atoms with Gasteiger partial charge in [-0.1, -0.05) is 30.3 Å². The number of ether oxygens (including phenoxy) is 1.